The number of benzene rings is 2. The number of aryl methyl sites for hydroxylation is 1. The summed E-state index contributed by atoms with van der Waals surface area (Å²) in [6.45, 7) is 3.17. The third kappa shape index (κ3) is 5.98. The molecule has 0 unspecified atom stereocenters. The molecule has 194 valence electrons. The number of nitrogens with one attached hydrogen (secondary N) is 1. The number of likely N-dealkylation sites (N-methyl/N-ethyl adjacent to an activating group) is 1. The molecule has 5 aromatic rings. The fourth-order valence-electron chi connectivity index (χ4n) is 4.69. The lowest BCUT2D eigenvalue weighted by molar-refractivity contribution is 0.0953. The van der Waals surface area contributed by atoms with Crippen LogP contribution in [0.4, 0.5) is 5.82 Å². The third-order valence-corrected chi connectivity index (χ3v) is 6.74. The summed E-state index contributed by atoms with van der Waals surface area (Å²) in [6.07, 6.45) is 6.34. The van der Waals surface area contributed by atoms with Gasteiger partial charge in [-0.2, -0.15) is 0 Å². The molecule has 0 saturated carbocycles. The van der Waals surface area contributed by atoms with Crippen LogP contribution in [0.2, 0.25) is 0 Å². The minimum atomic E-state index is -0.0435. The van der Waals surface area contributed by atoms with Gasteiger partial charge in [-0.1, -0.05) is 36.4 Å². The van der Waals surface area contributed by atoms with E-state index in [1.807, 2.05) is 73.2 Å². The van der Waals surface area contributed by atoms with Gasteiger partial charge in [-0.25, -0.2) is 9.97 Å². The molecule has 0 saturated heterocycles. The van der Waals surface area contributed by atoms with Gasteiger partial charge in [0, 0.05) is 55.4 Å². The summed E-state index contributed by atoms with van der Waals surface area (Å²) in [5, 5.41) is 4.09. The van der Waals surface area contributed by atoms with E-state index < -0.39 is 0 Å². The Morgan fingerprint density at radius 2 is 1.82 bits per heavy atom. The summed E-state index contributed by atoms with van der Waals surface area (Å²) in [4.78, 5) is 28.2. The van der Waals surface area contributed by atoms with Gasteiger partial charge >= 0.3 is 0 Å². The van der Waals surface area contributed by atoms with E-state index in [-0.39, 0.29) is 5.91 Å². The van der Waals surface area contributed by atoms with Crippen molar-refractivity contribution in [3.05, 3.63) is 96.1 Å². The van der Waals surface area contributed by atoms with E-state index in [2.05, 4.69) is 42.8 Å². The molecule has 0 aliphatic carbocycles. The monoisotopic (exact) mass is 507 g/mol. The van der Waals surface area contributed by atoms with Crippen molar-refractivity contribution in [3.8, 4) is 0 Å². The van der Waals surface area contributed by atoms with Crippen molar-refractivity contribution in [2.45, 2.75) is 32.4 Å². The summed E-state index contributed by atoms with van der Waals surface area (Å²) in [5.41, 5.74) is 11.7. The highest BCUT2D eigenvalue weighted by Gasteiger charge is 2.12. The van der Waals surface area contributed by atoms with Gasteiger partial charge in [0.25, 0.3) is 5.91 Å². The number of aromatic nitrogens is 4. The number of unbranched alkanes of at least 4 members (excludes halogenated alkanes) is 1. The van der Waals surface area contributed by atoms with Crippen LogP contribution in [0.1, 0.15) is 34.5 Å². The number of imidazole rings is 1. The van der Waals surface area contributed by atoms with Gasteiger partial charge in [0.05, 0.1) is 17.4 Å². The highest BCUT2D eigenvalue weighted by atomic mass is 16.1. The van der Waals surface area contributed by atoms with E-state index in [0.29, 0.717) is 17.9 Å². The number of nitrogens with zero attached hydrogens (tertiary/aromatic N) is 5. The molecular formula is C30H33N7O. The molecule has 0 aliphatic rings. The average Bonchev–Trinajstić information content (AvgIpc) is 3.38. The van der Waals surface area contributed by atoms with Crippen molar-refractivity contribution < 1.29 is 4.79 Å². The molecule has 0 aliphatic heterocycles. The lowest BCUT2D eigenvalue weighted by Gasteiger charge is -2.16. The molecular weight excluding hydrogens is 474 g/mol. The van der Waals surface area contributed by atoms with E-state index in [4.69, 9.17) is 5.73 Å². The first-order chi connectivity index (χ1) is 18.6. The highest BCUT2D eigenvalue weighted by molar-refractivity contribution is 6.06. The van der Waals surface area contributed by atoms with Gasteiger partial charge in [-0.3, -0.25) is 9.78 Å². The fourth-order valence-corrected chi connectivity index (χ4v) is 4.69. The van der Waals surface area contributed by atoms with Crippen LogP contribution in [-0.2, 0) is 19.5 Å². The van der Waals surface area contributed by atoms with Crippen molar-refractivity contribution >= 4 is 33.7 Å². The molecule has 2 aromatic carbocycles. The maximum Gasteiger partial charge on any atom is 0.251 e. The summed E-state index contributed by atoms with van der Waals surface area (Å²) >= 11 is 0. The quantitative estimate of drug-likeness (QED) is 0.256. The van der Waals surface area contributed by atoms with Gasteiger partial charge in [0.1, 0.15) is 5.52 Å². The molecule has 0 bridgehead atoms. The lowest BCUT2D eigenvalue weighted by Crippen LogP contribution is -2.25. The first kappa shape index (κ1) is 25.4. The van der Waals surface area contributed by atoms with Crippen molar-refractivity contribution in [1.29, 1.82) is 0 Å². The van der Waals surface area contributed by atoms with E-state index >= 15 is 0 Å². The molecule has 3 N–H and O–H groups in total. The molecule has 1 amide bonds. The van der Waals surface area contributed by atoms with Crippen LogP contribution in [0.25, 0.3) is 21.9 Å². The minimum absolute atomic E-state index is 0.0435. The number of nitrogen functional groups attached to an aromatic ring is 1. The first-order valence-corrected chi connectivity index (χ1v) is 13.0. The predicted octanol–water partition coefficient (Wildman–Crippen LogP) is 4.45. The molecule has 5 rings (SSSR count). The number of pyridine rings is 2. The number of hydrogen-bond donors (Lipinski definition) is 2. The van der Waals surface area contributed by atoms with Gasteiger partial charge < -0.3 is 20.5 Å². The zero-order valence-corrected chi connectivity index (χ0v) is 21.7. The number of nitrogens with two attached hydrogens (primary N) is 1. The molecule has 3 aromatic heterocycles. The molecule has 0 atom stereocenters. The Morgan fingerprint density at radius 1 is 1.00 bits per heavy atom. The summed E-state index contributed by atoms with van der Waals surface area (Å²) in [6, 6.07) is 21.8. The Kier molecular flexibility index (Phi) is 7.89. The standard InChI is InChI=1S/C30H33N7O/c1-36(19-15-24-8-4-5-16-32-24)20-22-11-13-23(14-12-22)30(38)33-17-6-7-18-37-21-34-27-28(37)25-9-2-3-10-26(25)35-29(27)31/h2-5,8-14,16,21H,6-7,15,17-20H2,1H3,(H2,31,35)(H,33,38). The van der Waals surface area contributed by atoms with E-state index in [1.54, 1.807) is 0 Å². The smallest absolute Gasteiger partial charge is 0.251 e. The second kappa shape index (κ2) is 11.8. The average molecular weight is 508 g/mol. The lowest BCUT2D eigenvalue weighted by atomic mass is 10.1. The molecule has 8 nitrogen and oxygen atoms in total. The van der Waals surface area contributed by atoms with Crippen LogP contribution in [-0.4, -0.2) is 50.5 Å². The Balaban J connectivity index is 1.07. The number of carbonyl (C=O) groups excluding carboxylic acids is 1. The highest BCUT2D eigenvalue weighted by Crippen LogP contribution is 2.27. The van der Waals surface area contributed by atoms with Gasteiger partial charge in [-0.15, -0.1) is 0 Å². The third-order valence-electron chi connectivity index (χ3n) is 6.74. The Bertz CT molecular complexity index is 1510. The van der Waals surface area contributed by atoms with Crippen LogP contribution >= 0.6 is 0 Å². The zero-order valence-electron chi connectivity index (χ0n) is 21.7. The van der Waals surface area contributed by atoms with Crippen molar-refractivity contribution in [1.82, 2.24) is 29.7 Å². The van der Waals surface area contributed by atoms with Gasteiger partial charge in [-0.05, 0) is 55.8 Å². The summed E-state index contributed by atoms with van der Waals surface area (Å²) < 4.78 is 2.13. The summed E-state index contributed by atoms with van der Waals surface area (Å²) in [7, 11) is 2.10. The molecule has 0 radical (unpaired) electrons. The topological polar surface area (TPSA) is 102 Å². The van der Waals surface area contributed by atoms with Crippen LogP contribution < -0.4 is 11.1 Å². The maximum absolute atomic E-state index is 12.6. The van der Waals surface area contributed by atoms with E-state index in [1.165, 1.54) is 5.56 Å². The number of para-hydroxylation sites is 1. The van der Waals surface area contributed by atoms with E-state index in [9.17, 15) is 4.79 Å². The van der Waals surface area contributed by atoms with Crippen molar-refractivity contribution in [2.24, 2.45) is 0 Å². The number of carbonyl (C=O) groups is 1. The molecule has 0 fully saturated rings. The predicted molar refractivity (Wildman–Crippen MR) is 152 cm³/mol. The molecule has 38 heavy (non-hydrogen) atoms. The number of fused-ring (bicyclic) bond motifs is 3. The number of anilines is 1. The Hall–Kier alpha value is -4.30. The number of hydrogen-bond acceptors (Lipinski definition) is 6. The SMILES string of the molecule is CN(CCc1ccccn1)Cc1ccc(C(=O)NCCCCn2cnc3c(N)nc4ccccc4c32)cc1. The maximum atomic E-state index is 12.6. The van der Waals surface area contributed by atoms with Crippen LogP contribution in [0.15, 0.2) is 79.3 Å². The summed E-state index contributed by atoms with van der Waals surface area (Å²) in [5.74, 6) is 0.407. The van der Waals surface area contributed by atoms with Gasteiger partial charge in [0.2, 0.25) is 0 Å². The zero-order chi connectivity index (χ0) is 26.3. The largest absolute Gasteiger partial charge is 0.382 e. The van der Waals surface area contributed by atoms with Crippen molar-refractivity contribution in [2.75, 3.05) is 25.9 Å². The minimum Gasteiger partial charge on any atom is -0.382 e. The second-order valence-corrected chi connectivity index (χ2v) is 9.62. The fraction of sp³-hybridized carbons (Fsp3) is 0.267. The first-order valence-electron chi connectivity index (χ1n) is 13.0. The van der Waals surface area contributed by atoms with Crippen LogP contribution in [0.5, 0.6) is 0 Å². The second-order valence-electron chi connectivity index (χ2n) is 9.62. The Morgan fingerprint density at radius 3 is 2.63 bits per heavy atom. The van der Waals surface area contributed by atoms with Crippen LogP contribution in [0.3, 0.4) is 0 Å². The van der Waals surface area contributed by atoms with Gasteiger partial charge in [0.15, 0.2) is 5.82 Å². The normalized spacial score (nSPS) is 11.4. The number of rotatable bonds is 11. The molecule has 0 spiro atoms. The molecule has 8 heteroatoms. The number of amides is 1. The Labute approximate surface area is 222 Å². The van der Waals surface area contributed by atoms with Crippen molar-refractivity contribution in [3.63, 3.8) is 0 Å². The van der Waals surface area contributed by atoms with Crippen LogP contribution in [0, 0.1) is 0 Å². The molecule has 3 heterocycles. The van der Waals surface area contributed by atoms with E-state index in [0.717, 1.165) is 66.5 Å².